The second-order valence-electron chi connectivity index (χ2n) is 7.67. The maximum absolute atomic E-state index is 14.9. The number of alkyl halides is 3. The molecule has 2 amide bonds. The summed E-state index contributed by atoms with van der Waals surface area (Å²) < 4.78 is 55.6. The highest BCUT2D eigenvalue weighted by Gasteiger charge is 2.49. The third-order valence-electron chi connectivity index (χ3n) is 5.60. The molecule has 3 atom stereocenters. The Labute approximate surface area is 196 Å². The Balaban J connectivity index is 1.87. The number of nitriles is 1. The van der Waals surface area contributed by atoms with Gasteiger partial charge in [0.25, 0.3) is 12.3 Å². The summed E-state index contributed by atoms with van der Waals surface area (Å²) in [7, 11) is 0. The highest BCUT2D eigenvalue weighted by Crippen LogP contribution is 2.45. The normalized spacial score (nSPS) is 18.1. The van der Waals surface area contributed by atoms with Gasteiger partial charge in [-0.25, -0.2) is 22.5 Å². The first-order chi connectivity index (χ1) is 16.7. The Morgan fingerprint density at radius 1 is 1.14 bits per heavy atom. The monoisotopic (exact) mass is 484 g/mol. The molecule has 3 unspecified atom stereocenters. The second-order valence-corrected chi connectivity index (χ2v) is 7.67. The summed E-state index contributed by atoms with van der Waals surface area (Å²) in [6.07, 6.45) is -5.57. The van der Waals surface area contributed by atoms with Gasteiger partial charge in [0.05, 0.1) is 17.5 Å². The number of aromatic nitrogens is 1. The van der Waals surface area contributed by atoms with Crippen LogP contribution in [0, 0.1) is 17.1 Å². The van der Waals surface area contributed by atoms with E-state index in [4.69, 9.17) is 5.26 Å². The first-order valence-electron chi connectivity index (χ1n) is 10.2. The number of amides is 2. The fourth-order valence-corrected chi connectivity index (χ4v) is 4.06. The average Bonchev–Trinajstić information content (AvgIpc) is 2.85. The van der Waals surface area contributed by atoms with Crippen molar-refractivity contribution in [2.45, 2.75) is 24.7 Å². The largest absolute Gasteiger partial charge is 0.493 e. The van der Waals surface area contributed by atoms with E-state index in [2.05, 4.69) is 10.3 Å². The highest BCUT2D eigenvalue weighted by molar-refractivity contribution is 6.04. The minimum absolute atomic E-state index is 0.0194. The zero-order valence-electron chi connectivity index (χ0n) is 17.7. The number of carbonyl (C=O) groups excluding carboxylic acids is 2. The topological polar surface area (TPSA) is 106 Å². The van der Waals surface area contributed by atoms with Gasteiger partial charge >= 0.3 is 0 Å². The van der Waals surface area contributed by atoms with Crippen molar-refractivity contribution in [3.63, 3.8) is 0 Å². The molecule has 0 fully saturated rings. The van der Waals surface area contributed by atoms with E-state index in [1.54, 1.807) is 6.07 Å². The summed E-state index contributed by atoms with van der Waals surface area (Å²) in [6, 6.07) is 11.4. The standard InChI is InChI=1S/C24H16F4N4O3/c25-17-7-6-14(9-13(17)10-29)31-23(34)19-15-3-1-2-4-16(15)24(35)32(22(28)21(26)27)20(19)12-5-8-18(33)30-11-12/h1-9,11,19-22H,(H,30,33)(H,31,34). The van der Waals surface area contributed by atoms with Crippen LogP contribution in [-0.4, -0.2) is 39.5 Å². The molecule has 3 aromatic rings. The predicted octanol–water partition coefficient (Wildman–Crippen LogP) is 4.28. The predicted molar refractivity (Wildman–Crippen MR) is 115 cm³/mol. The van der Waals surface area contributed by atoms with E-state index in [0.29, 0.717) is 0 Å². The Morgan fingerprint density at radius 3 is 2.54 bits per heavy atom. The number of anilines is 1. The van der Waals surface area contributed by atoms with Gasteiger partial charge in [-0.15, -0.1) is 0 Å². The zero-order chi connectivity index (χ0) is 25.3. The van der Waals surface area contributed by atoms with Gasteiger partial charge < -0.3 is 10.4 Å². The third kappa shape index (κ3) is 4.38. The van der Waals surface area contributed by atoms with Crippen molar-refractivity contribution in [1.29, 1.82) is 5.26 Å². The lowest BCUT2D eigenvalue weighted by Gasteiger charge is -2.42. The molecule has 0 aliphatic carbocycles. The number of halogens is 4. The molecular weight excluding hydrogens is 468 g/mol. The van der Waals surface area contributed by atoms with Crippen LogP contribution >= 0.6 is 0 Å². The number of hydrogen-bond acceptors (Lipinski definition) is 5. The van der Waals surface area contributed by atoms with E-state index in [0.717, 1.165) is 24.4 Å². The average molecular weight is 484 g/mol. The van der Waals surface area contributed by atoms with E-state index in [1.165, 1.54) is 36.4 Å². The summed E-state index contributed by atoms with van der Waals surface area (Å²) in [5.41, 5.74) is -0.290. The molecule has 178 valence electrons. The van der Waals surface area contributed by atoms with Crippen LogP contribution < -0.4 is 5.32 Å². The summed E-state index contributed by atoms with van der Waals surface area (Å²) in [5.74, 6) is -4.50. The quantitative estimate of drug-likeness (QED) is 0.416. The molecule has 7 nitrogen and oxygen atoms in total. The number of benzene rings is 2. The first kappa shape index (κ1) is 23.7. The SMILES string of the molecule is N#Cc1cc(NC(=O)C2c3ccccc3C(=O)N(C(F)C(F)F)C2c2ccc(O)nc2)ccc1F. The number of pyridine rings is 1. The van der Waals surface area contributed by atoms with Crippen molar-refractivity contribution in [3.8, 4) is 11.9 Å². The van der Waals surface area contributed by atoms with Crippen molar-refractivity contribution in [2.24, 2.45) is 0 Å². The molecule has 4 rings (SSSR count). The molecule has 11 heteroatoms. The molecule has 1 aliphatic heterocycles. The molecule has 0 bridgehead atoms. The van der Waals surface area contributed by atoms with Gasteiger partial charge in [0.1, 0.15) is 11.9 Å². The Hall–Kier alpha value is -4.46. The molecule has 2 aromatic carbocycles. The Morgan fingerprint density at radius 2 is 1.89 bits per heavy atom. The number of aromatic hydroxyl groups is 1. The van der Waals surface area contributed by atoms with Crippen LogP contribution in [0.5, 0.6) is 5.88 Å². The van der Waals surface area contributed by atoms with Gasteiger partial charge in [-0.1, -0.05) is 24.3 Å². The van der Waals surface area contributed by atoms with Gasteiger partial charge in [0, 0.05) is 23.5 Å². The molecule has 1 aliphatic rings. The minimum atomic E-state index is -3.57. The van der Waals surface area contributed by atoms with Crippen LogP contribution in [0.2, 0.25) is 0 Å². The molecule has 2 heterocycles. The molecular formula is C24H16F4N4O3. The fourth-order valence-electron chi connectivity index (χ4n) is 4.06. The zero-order valence-corrected chi connectivity index (χ0v) is 17.7. The molecule has 1 aromatic heterocycles. The number of rotatable bonds is 5. The van der Waals surface area contributed by atoms with Crippen LogP contribution in [0.4, 0.5) is 23.2 Å². The van der Waals surface area contributed by atoms with Crippen molar-refractivity contribution < 1.29 is 32.3 Å². The van der Waals surface area contributed by atoms with Gasteiger partial charge in [0.15, 0.2) is 0 Å². The first-order valence-corrected chi connectivity index (χ1v) is 10.2. The van der Waals surface area contributed by atoms with E-state index in [9.17, 15) is 32.3 Å². The number of hydrogen-bond donors (Lipinski definition) is 2. The summed E-state index contributed by atoms with van der Waals surface area (Å²) in [4.78, 5) is 30.6. The molecule has 2 N–H and O–H groups in total. The van der Waals surface area contributed by atoms with E-state index in [1.807, 2.05) is 0 Å². The van der Waals surface area contributed by atoms with Crippen LogP contribution in [0.3, 0.4) is 0 Å². The molecule has 0 saturated heterocycles. The van der Waals surface area contributed by atoms with Crippen molar-refractivity contribution in [3.05, 3.63) is 88.9 Å². The Kier molecular flexibility index (Phi) is 6.38. The van der Waals surface area contributed by atoms with E-state index in [-0.39, 0.29) is 32.8 Å². The summed E-state index contributed by atoms with van der Waals surface area (Å²) >= 11 is 0. The van der Waals surface area contributed by atoms with E-state index < -0.39 is 48.2 Å². The lowest BCUT2D eigenvalue weighted by molar-refractivity contribution is -0.121. The van der Waals surface area contributed by atoms with Crippen LogP contribution in [0.15, 0.2) is 60.8 Å². The maximum Gasteiger partial charge on any atom is 0.287 e. The fraction of sp³-hybridized carbons (Fsp3) is 0.167. The highest BCUT2D eigenvalue weighted by atomic mass is 19.3. The van der Waals surface area contributed by atoms with Crippen LogP contribution in [0.25, 0.3) is 0 Å². The summed E-state index contributed by atoms with van der Waals surface area (Å²) in [5, 5.41) is 21.1. The number of fused-ring (bicyclic) bond motifs is 1. The minimum Gasteiger partial charge on any atom is -0.493 e. The summed E-state index contributed by atoms with van der Waals surface area (Å²) in [6.45, 7) is 0. The van der Waals surface area contributed by atoms with Gasteiger partial charge in [-0.05, 0) is 35.4 Å². The smallest absolute Gasteiger partial charge is 0.287 e. The molecule has 0 saturated carbocycles. The Bertz CT molecular complexity index is 1330. The number of nitrogens with zero attached hydrogens (tertiary/aromatic N) is 3. The molecule has 35 heavy (non-hydrogen) atoms. The molecule has 0 radical (unpaired) electrons. The van der Waals surface area contributed by atoms with E-state index >= 15 is 0 Å². The molecule has 0 spiro atoms. The third-order valence-corrected chi connectivity index (χ3v) is 5.60. The van der Waals surface area contributed by atoms with Crippen molar-refractivity contribution in [1.82, 2.24) is 9.88 Å². The maximum atomic E-state index is 14.9. The number of nitrogens with one attached hydrogen (secondary N) is 1. The lowest BCUT2D eigenvalue weighted by Crippen LogP contribution is -2.51. The lowest BCUT2D eigenvalue weighted by atomic mass is 9.79. The van der Waals surface area contributed by atoms with Gasteiger partial charge in [-0.2, -0.15) is 5.26 Å². The van der Waals surface area contributed by atoms with Crippen LogP contribution in [0.1, 0.15) is 39.0 Å². The second kappa shape index (κ2) is 9.42. The van der Waals surface area contributed by atoms with Gasteiger partial charge in [0.2, 0.25) is 18.1 Å². The van der Waals surface area contributed by atoms with Crippen LogP contribution in [-0.2, 0) is 4.79 Å². The van der Waals surface area contributed by atoms with Crippen molar-refractivity contribution >= 4 is 17.5 Å². The van der Waals surface area contributed by atoms with Gasteiger partial charge in [-0.3, -0.25) is 14.5 Å². The number of carbonyl (C=O) groups is 2. The van der Waals surface area contributed by atoms with Crippen molar-refractivity contribution in [2.75, 3.05) is 5.32 Å².